The van der Waals surface area contributed by atoms with Gasteiger partial charge in [-0.05, 0) is 6.08 Å². The number of carbonyl (C=O) groups excluding carboxylic acids is 1. The van der Waals surface area contributed by atoms with Gasteiger partial charge in [0, 0.05) is 6.54 Å². The predicted octanol–water partition coefficient (Wildman–Crippen LogP) is 2.93. The Labute approximate surface area is 148 Å². The first kappa shape index (κ1) is 20.9. The van der Waals surface area contributed by atoms with Crippen molar-refractivity contribution in [3.05, 3.63) is 12.7 Å². The Bertz CT molecular complexity index is 261. The molecule has 1 aliphatic carbocycles. The van der Waals surface area contributed by atoms with Crippen LogP contribution in [0.5, 0.6) is 0 Å². The van der Waals surface area contributed by atoms with Gasteiger partial charge in [0.15, 0.2) is 0 Å². The minimum atomic E-state index is -0.437. The van der Waals surface area contributed by atoms with Crippen LogP contribution in [0.4, 0.5) is 0 Å². The summed E-state index contributed by atoms with van der Waals surface area (Å²) in [5.41, 5.74) is 0. The summed E-state index contributed by atoms with van der Waals surface area (Å²) in [6, 6.07) is 0. The molecule has 1 rings (SSSR count). The second kappa shape index (κ2) is 10.6. The minimum Gasteiger partial charge on any atom is -0.395 e. The molecule has 0 aromatic carbocycles. The van der Waals surface area contributed by atoms with E-state index in [9.17, 15) is 4.79 Å². The van der Waals surface area contributed by atoms with Gasteiger partial charge in [0.05, 0.1) is 38.9 Å². The number of rotatable bonds is 3. The zero-order valence-electron chi connectivity index (χ0n) is 10.3. The van der Waals surface area contributed by atoms with E-state index in [0.717, 1.165) is 6.08 Å². The van der Waals surface area contributed by atoms with Crippen LogP contribution >= 0.6 is 69.6 Å². The first-order chi connectivity index (χ1) is 9.27. The van der Waals surface area contributed by atoms with Crippen molar-refractivity contribution in [3.63, 3.8) is 0 Å². The van der Waals surface area contributed by atoms with Gasteiger partial charge in [0.1, 0.15) is 0 Å². The molecule has 1 fully saturated rings. The Morgan fingerprint density at radius 2 is 1.25 bits per heavy atom. The van der Waals surface area contributed by atoms with Gasteiger partial charge < -0.3 is 10.4 Å². The van der Waals surface area contributed by atoms with Crippen molar-refractivity contribution in [1.29, 1.82) is 0 Å². The van der Waals surface area contributed by atoms with Crippen LogP contribution in [-0.4, -0.2) is 56.4 Å². The number of alkyl halides is 6. The summed E-state index contributed by atoms with van der Waals surface area (Å²) in [7, 11) is 0. The van der Waals surface area contributed by atoms with E-state index in [0.29, 0.717) is 6.54 Å². The lowest BCUT2D eigenvalue weighted by atomic mass is 9.97. The molecule has 0 radical (unpaired) electrons. The molecule has 0 atom stereocenters. The lowest BCUT2D eigenvalue weighted by Crippen LogP contribution is -2.52. The second-order valence-corrected chi connectivity index (χ2v) is 6.91. The molecule has 0 spiro atoms. The first-order valence-corrected chi connectivity index (χ1v) is 8.25. The largest absolute Gasteiger partial charge is 0.395 e. The summed E-state index contributed by atoms with van der Waals surface area (Å²) < 4.78 is 0. The van der Waals surface area contributed by atoms with E-state index >= 15 is 0 Å². The molecule has 9 heteroatoms. The summed E-state index contributed by atoms with van der Waals surface area (Å²) in [6.07, 6.45) is 1.16. The van der Waals surface area contributed by atoms with Gasteiger partial charge in [-0.2, -0.15) is 0 Å². The van der Waals surface area contributed by atoms with Crippen molar-refractivity contribution in [3.8, 4) is 0 Å². The van der Waals surface area contributed by atoms with Crippen molar-refractivity contribution in [2.45, 2.75) is 32.3 Å². The number of carbonyl (C=O) groups is 1. The Morgan fingerprint density at radius 1 is 0.950 bits per heavy atom. The molecule has 0 unspecified atom stereocenters. The third-order valence-electron chi connectivity index (χ3n) is 2.42. The number of halogens is 6. The third kappa shape index (κ3) is 6.35. The molecule has 0 heterocycles. The van der Waals surface area contributed by atoms with Gasteiger partial charge >= 0.3 is 0 Å². The molecule has 1 aliphatic rings. The highest BCUT2D eigenvalue weighted by atomic mass is 35.5. The molecule has 3 nitrogen and oxygen atoms in total. The third-order valence-corrected chi connectivity index (χ3v) is 6.45. The summed E-state index contributed by atoms with van der Waals surface area (Å²) in [5, 5.41) is 7.92. The van der Waals surface area contributed by atoms with Crippen LogP contribution in [0.15, 0.2) is 12.7 Å². The Morgan fingerprint density at radius 3 is 1.45 bits per heavy atom. The van der Waals surface area contributed by atoms with E-state index in [4.69, 9.17) is 74.7 Å². The lowest BCUT2D eigenvalue weighted by molar-refractivity contribution is -0.116. The maximum atomic E-state index is 10.2. The van der Waals surface area contributed by atoms with Crippen LogP contribution in [0.2, 0.25) is 0 Å². The topological polar surface area (TPSA) is 49.3 Å². The molecule has 1 saturated carbocycles. The van der Waals surface area contributed by atoms with Crippen molar-refractivity contribution >= 4 is 75.5 Å². The van der Waals surface area contributed by atoms with Gasteiger partial charge in [-0.15, -0.1) is 69.6 Å². The number of hydrogen-bond donors (Lipinski definition) is 2. The molecule has 0 saturated heterocycles. The monoisotopic (exact) mass is 403 g/mol. The normalized spacial score (nSPS) is 36.5. The zero-order valence-corrected chi connectivity index (χ0v) is 14.8. The smallest absolute Gasteiger partial charge is 0.243 e. The van der Waals surface area contributed by atoms with Gasteiger partial charge in [0.2, 0.25) is 5.91 Å². The first-order valence-electron chi connectivity index (χ1n) is 5.63. The standard InChI is InChI=1S/C6H6Cl6.C5H9NO2/c7-1-2(8)4(10)6(12)5(11)3(1)9;1-2-5(8)6-3-4-7/h1-6H;2,7H,1,3-4H2,(H,6,8)/t1-,2-,3-,4+,5+,6+;. The number of hydrogen-bond acceptors (Lipinski definition) is 2. The SMILES string of the molecule is C=CC(=O)NCCO.Cl[C@H]1[C@H](Cl)[C@@H](Cl)[C@@H](Cl)[C@H](Cl)[C@H]1Cl. The molecule has 118 valence electrons. The minimum absolute atomic E-state index is 0.0282. The molecule has 0 bridgehead atoms. The Hall–Kier alpha value is 0.910. The van der Waals surface area contributed by atoms with Crippen molar-refractivity contribution in [2.75, 3.05) is 13.2 Å². The second-order valence-electron chi connectivity index (χ2n) is 3.89. The summed E-state index contributed by atoms with van der Waals surface area (Å²) in [4.78, 5) is 10.2. The Kier molecular flexibility index (Phi) is 11.1. The fraction of sp³-hybridized carbons (Fsp3) is 0.727. The molecular weight excluding hydrogens is 391 g/mol. The summed E-state index contributed by atoms with van der Waals surface area (Å²) in [5.74, 6) is -0.251. The number of aliphatic hydroxyl groups excluding tert-OH is 1. The van der Waals surface area contributed by atoms with E-state index in [-0.39, 0.29) is 12.5 Å². The maximum absolute atomic E-state index is 10.2. The molecule has 0 aliphatic heterocycles. The fourth-order valence-electron chi connectivity index (χ4n) is 1.31. The van der Waals surface area contributed by atoms with Gasteiger partial charge in [-0.3, -0.25) is 4.79 Å². The van der Waals surface area contributed by atoms with E-state index in [1.54, 1.807) is 0 Å². The van der Waals surface area contributed by atoms with Gasteiger partial charge in [-0.25, -0.2) is 0 Å². The highest BCUT2D eigenvalue weighted by Gasteiger charge is 2.46. The number of aliphatic hydroxyl groups is 1. The molecule has 2 N–H and O–H groups in total. The number of nitrogens with one attached hydrogen (secondary N) is 1. The average Bonchev–Trinajstić information content (AvgIpc) is 2.47. The molecular formula is C11H15Cl6NO2. The van der Waals surface area contributed by atoms with Gasteiger partial charge in [0.25, 0.3) is 0 Å². The lowest BCUT2D eigenvalue weighted by Gasteiger charge is -2.37. The van der Waals surface area contributed by atoms with Crippen LogP contribution in [-0.2, 0) is 4.79 Å². The van der Waals surface area contributed by atoms with Crippen LogP contribution in [0, 0.1) is 0 Å². The van der Waals surface area contributed by atoms with Crippen molar-refractivity contribution in [2.24, 2.45) is 0 Å². The number of amides is 1. The van der Waals surface area contributed by atoms with Crippen molar-refractivity contribution in [1.82, 2.24) is 5.32 Å². The fourth-order valence-corrected chi connectivity index (χ4v) is 3.63. The summed E-state index contributed by atoms with van der Waals surface area (Å²) in [6.45, 7) is 3.49. The van der Waals surface area contributed by atoms with Gasteiger partial charge in [-0.1, -0.05) is 6.58 Å². The van der Waals surface area contributed by atoms with Crippen LogP contribution in [0.25, 0.3) is 0 Å². The zero-order chi connectivity index (χ0) is 15.9. The Balaban J connectivity index is 0.000000396. The van der Waals surface area contributed by atoms with Crippen molar-refractivity contribution < 1.29 is 9.90 Å². The van der Waals surface area contributed by atoms with E-state index in [1.807, 2.05) is 0 Å². The van der Waals surface area contributed by atoms with Crippen LogP contribution in [0.1, 0.15) is 0 Å². The van der Waals surface area contributed by atoms with E-state index in [1.165, 1.54) is 0 Å². The van der Waals surface area contributed by atoms with Crippen LogP contribution < -0.4 is 5.32 Å². The molecule has 1 amide bonds. The van der Waals surface area contributed by atoms with E-state index < -0.39 is 32.3 Å². The average molecular weight is 406 g/mol. The molecule has 20 heavy (non-hydrogen) atoms. The molecule has 0 aromatic rings. The predicted molar refractivity (Wildman–Crippen MR) is 88.1 cm³/mol. The van der Waals surface area contributed by atoms with E-state index in [2.05, 4.69) is 11.9 Å². The highest BCUT2D eigenvalue weighted by molar-refractivity contribution is 6.45. The maximum Gasteiger partial charge on any atom is 0.243 e. The highest BCUT2D eigenvalue weighted by Crippen LogP contribution is 2.39. The quantitative estimate of drug-likeness (QED) is 0.560. The van der Waals surface area contributed by atoms with Crippen LogP contribution in [0.3, 0.4) is 0 Å². The molecule has 0 aromatic heterocycles. The summed E-state index contributed by atoms with van der Waals surface area (Å²) >= 11 is 35.3.